The number of nitro groups is 1. The van der Waals surface area contributed by atoms with E-state index in [4.69, 9.17) is 10.00 Å². The summed E-state index contributed by atoms with van der Waals surface area (Å²) in [5.74, 6) is 0.873. The summed E-state index contributed by atoms with van der Waals surface area (Å²) in [6.45, 7) is 0. The van der Waals surface area contributed by atoms with Crippen LogP contribution >= 0.6 is 0 Å². The number of nitrogens with zero attached hydrogens (tertiary/aromatic N) is 4. The highest BCUT2D eigenvalue weighted by Crippen LogP contribution is 2.27. The van der Waals surface area contributed by atoms with E-state index in [0.717, 1.165) is 4.40 Å². The molecule has 2 aromatic carbocycles. The van der Waals surface area contributed by atoms with Crippen LogP contribution in [0.5, 0.6) is 11.5 Å². The summed E-state index contributed by atoms with van der Waals surface area (Å²) in [6, 6.07) is 20.2. The average Bonchev–Trinajstić information content (AvgIpc) is 2.75. The fraction of sp³-hybridized carbons (Fsp3) is 0. The number of rotatable bonds is 5. The van der Waals surface area contributed by atoms with Crippen molar-refractivity contribution < 1.29 is 9.66 Å². The summed E-state index contributed by atoms with van der Waals surface area (Å²) >= 11 is 0. The Kier molecular flexibility index (Phi) is 4.80. The van der Waals surface area contributed by atoms with Crippen LogP contribution in [0.3, 0.4) is 0 Å². The standard InChI is InChI=1S/C21H13N5O4/c22-13-14-4-3-5-17(12-14)30-16-9-7-15(8-10-16)23-20-19(26(28)29)21(27)25-11-2-1-6-18(25)24-20/h1-12,23H. The lowest BCUT2D eigenvalue weighted by atomic mass is 10.2. The van der Waals surface area contributed by atoms with Gasteiger partial charge in [-0.2, -0.15) is 5.26 Å². The number of ether oxygens (including phenoxy) is 1. The maximum Gasteiger partial charge on any atom is 0.376 e. The Hall–Kier alpha value is -4.71. The maximum absolute atomic E-state index is 12.5. The number of nitrogens with one attached hydrogen (secondary N) is 1. The highest BCUT2D eigenvalue weighted by atomic mass is 16.6. The van der Waals surface area contributed by atoms with E-state index in [0.29, 0.717) is 22.7 Å². The number of aromatic nitrogens is 2. The Morgan fingerprint density at radius 2 is 1.87 bits per heavy atom. The van der Waals surface area contributed by atoms with Crippen LogP contribution in [0.25, 0.3) is 5.65 Å². The molecule has 9 heteroatoms. The van der Waals surface area contributed by atoms with Crippen molar-refractivity contribution in [1.82, 2.24) is 9.38 Å². The second-order valence-corrected chi connectivity index (χ2v) is 6.19. The first kappa shape index (κ1) is 18.6. The summed E-state index contributed by atoms with van der Waals surface area (Å²) in [7, 11) is 0. The lowest BCUT2D eigenvalue weighted by Gasteiger charge is -2.09. The quantitative estimate of drug-likeness (QED) is 0.397. The molecule has 2 aromatic heterocycles. The second-order valence-electron chi connectivity index (χ2n) is 6.19. The van der Waals surface area contributed by atoms with Gasteiger partial charge < -0.3 is 10.1 Å². The number of hydrogen-bond donors (Lipinski definition) is 1. The van der Waals surface area contributed by atoms with Gasteiger partial charge in [0.2, 0.25) is 5.82 Å². The topological polar surface area (TPSA) is 123 Å². The van der Waals surface area contributed by atoms with Crippen LogP contribution in [-0.4, -0.2) is 14.3 Å². The summed E-state index contributed by atoms with van der Waals surface area (Å²) in [4.78, 5) is 27.4. The van der Waals surface area contributed by atoms with Crippen molar-refractivity contribution in [3.05, 3.63) is 99.0 Å². The van der Waals surface area contributed by atoms with Gasteiger partial charge in [-0.1, -0.05) is 12.1 Å². The lowest BCUT2D eigenvalue weighted by Crippen LogP contribution is -2.20. The third-order valence-electron chi connectivity index (χ3n) is 4.21. The largest absolute Gasteiger partial charge is 0.457 e. The molecule has 9 nitrogen and oxygen atoms in total. The van der Waals surface area contributed by atoms with E-state index in [1.165, 1.54) is 6.20 Å². The Morgan fingerprint density at radius 1 is 1.07 bits per heavy atom. The van der Waals surface area contributed by atoms with Gasteiger partial charge in [-0.15, -0.1) is 0 Å². The Morgan fingerprint density at radius 3 is 2.60 bits per heavy atom. The Balaban J connectivity index is 1.62. The molecule has 4 rings (SSSR count). The molecule has 0 saturated carbocycles. The van der Waals surface area contributed by atoms with Gasteiger partial charge in [0.25, 0.3) is 0 Å². The fourth-order valence-corrected chi connectivity index (χ4v) is 2.84. The summed E-state index contributed by atoms with van der Waals surface area (Å²) < 4.78 is 6.83. The van der Waals surface area contributed by atoms with E-state index in [-0.39, 0.29) is 11.5 Å². The number of nitriles is 1. The molecule has 0 amide bonds. The maximum atomic E-state index is 12.5. The molecule has 0 atom stereocenters. The minimum atomic E-state index is -0.773. The van der Waals surface area contributed by atoms with Crippen LogP contribution in [-0.2, 0) is 0 Å². The van der Waals surface area contributed by atoms with Crippen molar-refractivity contribution in [2.75, 3.05) is 5.32 Å². The predicted molar refractivity (Wildman–Crippen MR) is 109 cm³/mol. The molecule has 0 unspecified atom stereocenters. The number of fused-ring (bicyclic) bond motifs is 1. The molecule has 0 aliphatic rings. The zero-order chi connectivity index (χ0) is 21.1. The molecular weight excluding hydrogens is 386 g/mol. The normalized spacial score (nSPS) is 10.4. The van der Waals surface area contributed by atoms with Crippen molar-refractivity contribution in [2.45, 2.75) is 0 Å². The van der Waals surface area contributed by atoms with E-state index in [1.807, 2.05) is 6.07 Å². The third kappa shape index (κ3) is 3.65. The van der Waals surface area contributed by atoms with E-state index < -0.39 is 16.2 Å². The van der Waals surface area contributed by atoms with Gasteiger partial charge in [0.1, 0.15) is 17.1 Å². The van der Waals surface area contributed by atoms with Gasteiger partial charge >= 0.3 is 11.2 Å². The number of hydrogen-bond acceptors (Lipinski definition) is 7. The molecule has 4 aromatic rings. The Labute approximate surface area is 169 Å². The van der Waals surface area contributed by atoms with Gasteiger partial charge in [-0.3, -0.25) is 19.3 Å². The van der Waals surface area contributed by atoms with E-state index >= 15 is 0 Å². The van der Waals surface area contributed by atoms with Crippen LogP contribution in [0.1, 0.15) is 5.56 Å². The van der Waals surface area contributed by atoms with Crippen molar-refractivity contribution in [1.29, 1.82) is 5.26 Å². The average molecular weight is 399 g/mol. The number of anilines is 2. The monoisotopic (exact) mass is 399 g/mol. The van der Waals surface area contributed by atoms with Gasteiger partial charge in [-0.25, -0.2) is 4.98 Å². The zero-order valence-corrected chi connectivity index (χ0v) is 15.4. The van der Waals surface area contributed by atoms with Gasteiger partial charge in [0.15, 0.2) is 0 Å². The minimum absolute atomic E-state index is 0.147. The van der Waals surface area contributed by atoms with Crippen LogP contribution in [0.4, 0.5) is 17.2 Å². The van der Waals surface area contributed by atoms with Crippen molar-refractivity contribution in [3.8, 4) is 17.6 Å². The molecule has 0 saturated heterocycles. The predicted octanol–water partition coefficient (Wildman–Crippen LogP) is 4.01. The van der Waals surface area contributed by atoms with Crippen molar-refractivity contribution in [3.63, 3.8) is 0 Å². The van der Waals surface area contributed by atoms with E-state index in [1.54, 1.807) is 66.7 Å². The molecule has 2 heterocycles. The van der Waals surface area contributed by atoms with Crippen LogP contribution in [0.15, 0.2) is 77.7 Å². The summed E-state index contributed by atoms with van der Waals surface area (Å²) in [6.07, 6.45) is 1.43. The smallest absolute Gasteiger partial charge is 0.376 e. The molecule has 0 fully saturated rings. The zero-order valence-electron chi connectivity index (χ0n) is 15.4. The van der Waals surface area contributed by atoms with Gasteiger partial charge in [0.05, 0.1) is 16.6 Å². The highest BCUT2D eigenvalue weighted by Gasteiger charge is 2.23. The molecule has 0 aliphatic carbocycles. The Bertz CT molecular complexity index is 1360. The van der Waals surface area contributed by atoms with Crippen LogP contribution < -0.4 is 15.6 Å². The third-order valence-corrected chi connectivity index (χ3v) is 4.21. The first-order chi connectivity index (χ1) is 14.5. The molecule has 0 spiro atoms. The molecule has 30 heavy (non-hydrogen) atoms. The van der Waals surface area contributed by atoms with Crippen LogP contribution in [0.2, 0.25) is 0 Å². The van der Waals surface area contributed by atoms with Gasteiger partial charge in [-0.05, 0) is 54.6 Å². The summed E-state index contributed by atoms with van der Waals surface area (Å²) in [5, 5.41) is 23.2. The van der Waals surface area contributed by atoms with E-state index in [2.05, 4.69) is 10.3 Å². The lowest BCUT2D eigenvalue weighted by molar-refractivity contribution is -0.385. The molecule has 0 radical (unpaired) electrons. The number of benzene rings is 2. The van der Waals surface area contributed by atoms with Crippen molar-refractivity contribution >= 4 is 22.8 Å². The fourth-order valence-electron chi connectivity index (χ4n) is 2.84. The SMILES string of the molecule is N#Cc1cccc(Oc2ccc(Nc3nc4ccccn4c(=O)c3[N+](=O)[O-])cc2)c1. The van der Waals surface area contributed by atoms with Crippen molar-refractivity contribution in [2.24, 2.45) is 0 Å². The number of pyridine rings is 1. The van der Waals surface area contributed by atoms with Gasteiger partial charge in [0, 0.05) is 11.9 Å². The first-order valence-corrected chi connectivity index (χ1v) is 8.76. The highest BCUT2D eigenvalue weighted by molar-refractivity contribution is 5.67. The molecule has 0 aliphatic heterocycles. The first-order valence-electron chi connectivity index (χ1n) is 8.76. The molecule has 1 N–H and O–H groups in total. The minimum Gasteiger partial charge on any atom is -0.457 e. The summed E-state index contributed by atoms with van der Waals surface area (Å²) in [5.41, 5.74) is -0.166. The van der Waals surface area contributed by atoms with Crippen LogP contribution in [0, 0.1) is 21.4 Å². The second kappa shape index (κ2) is 7.73. The van der Waals surface area contributed by atoms with E-state index in [9.17, 15) is 14.9 Å². The molecule has 146 valence electrons. The molecule has 0 bridgehead atoms. The molecular formula is C21H13N5O4.